The van der Waals surface area contributed by atoms with Gasteiger partial charge in [0, 0.05) is 13.1 Å². The lowest BCUT2D eigenvalue weighted by Crippen LogP contribution is -2.47. The third-order valence-electron chi connectivity index (χ3n) is 1.37. The quantitative estimate of drug-likeness (QED) is 0.429. The number of aliphatic hydroxyl groups is 1. The van der Waals surface area contributed by atoms with Crippen LogP contribution in [-0.4, -0.2) is 42.5 Å². The average Bonchev–Trinajstić information content (AvgIpc) is 1.88. The Balaban J connectivity index is 2.23. The first-order valence-corrected chi connectivity index (χ1v) is 3.05. The second kappa shape index (κ2) is 3.12. The molecule has 9 heavy (non-hydrogen) atoms. The van der Waals surface area contributed by atoms with Crippen molar-refractivity contribution in [3.63, 3.8) is 0 Å². The van der Waals surface area contributed by atoms with Crippen LogP contribution in [0.5, 0.6) is 0 Å². The van der Waals surface area contributed by atoms with Gasteiger partial charge >= 0.3 is 0 Å². The first-order valence-electron chi connectivity index (χ1n) is 3.05. The minimum absolute atomic E-state index is 0.0632. The van der Waals surface area contributed by atoms with E-state index in [2.05, 4.69) is 0 Å². The summed E-state index contributed by atoms with van der Waals surface area (Å²) in [5, 5.41) is 10.3. The Kier molecular flexibility index (Phi) is 2.41. The van der Waals surface area contributed by atoms with E-state index in [9.17, 15) is 0 Å². The van der Waals surface area contributed by atoms with Crippen molar-refractivity contribution in [3.05, 3.63) is 0 Å². The van der Waals surface area contributed by atoms with Crippen LogP contribution in [0, 0.1) is 0 Å². The number of nitrogens with zero attached hydrogens (tertiary/aromatic N) is 1. The van der Waals surface area contributed by atoms with Gasteiger partial charge in [-0.1, -0.05) is 0 Å². The van der Waals surface area contributed by atoms with Crippen LogP contribution in [0.2, 0.25) is 0 Å². The zero-order chi connectivity index (χ0) is 6.69. The van der Waals surface area contributed by atoms with Crippen molar-refractivity contribution in [3.8, 4) is 0 Å². The highest BCUT2D eigenvalue weighted by molar-refractivity contribution is 4.65. The summed E-state index contributed by atoms with van der Waals surface area (Å²) in [4.78, 5) is 0. The van der Waals surface area contributed by atoms with E-state index in [1.165, 1.54) is 0 Å². The molecule has 0 unspecified atom stereocenters. The second-order valence-corrected chi connectivity index (χ2v) is 2.17. The molecule has 1 fully saturated rings. The van der Waals surface area contributed by atoms with Gasteiger partial charge < -0.3 is 9.84 Å². The molecule has 1 atom stereocenters. The molecule has 3 N–H and O–H groups in total. The molecular weight excluding hydrogens is 120 g/mol. The highest BCUT2D eigenvalue weighted by atomic mass is 16.5. The molecule has 1 saturated heterocycles. The normalized spacial score (nSPS) is 30.7. The summed E-state index contributed by atoms with van der Waals surface area (Å²) in [5.41, 5.74) is 0. The van der Waals surface area contributed by atoms with E-state index in [1.807, 2.05) is 0 Å². The highest BCUT2D eigenvalue weighted by Gasteiger charge is 2.16. The number of ether oxygens (including phenoxy) is 1. The predicted molar refractivity (Wildman–Crippen MR) is 32.6 cm³/mol. The van der Waals surface area contributed by atoms with Gasteiger partial charge in [-0.15, -0.1) is 0 Å². The third-order valence-corrected chi connectivity index (χ3v) is 1.37. The fourth-order valence-corrected chi connectivity index (χ4v) is 0.853. The van der Waals surface area contributed by atoms with Crippen molar-refractivity contribution in [2.24, 2.45) is 5.84 Å². The summed E-state index contributed by atoms with van der Waals surface area (Å²) in [6, 6.07) is 0. The van der Waals surface area contributed by atoms with E-state index in [-0.39, 0.29) is 12.7 Å². The minimum atomic E-state index is -0.0799. The highest BCUT2D eigenvalue weighted by Crippen LogP contribution is 1.98. The minimum Gasteiger partial charge on any atom is -0.394 e. The molecule has 0 amide bonds. The van der Waals surface area contributed by atoms with Gasteiger partial charge in [-0.3, -0.25) is 5.84 Å². The molecule has 0 radical (unpaired) electrons. The Morgan fingerprint density at radius 1 is 1.78 bits per heavy atom. The summed E-state index contributed by atoms with van der Waals surface area (Å²) >= 11 is 0. The first kappa shape index (κ1) is 6.95. The molecule has 0 aliphatic carbocycles. The molecule has 4 nitrogen and oxygen atoms in total. The monoisotopic (exact) mass is 132 g/mol. The lowest BCUT2D eigenvalue weighted by Gasteiger charge is -2.27. The maximum atomic E-state index is 8.60. The number of aliphatic hydroxyl groups excluding tert-OH is 1. The van der Waals surface area contributed by atoms with Crippen LogP contribution in [0.15, 0.2) is 0 Å². The molecule has 1 rings (SSSR count). The Morgan fingerprint density at radius 2 is 2.56 bits per heavy atom. The van der Waals surface area contributed by atoms with Crippen molar-refractivity contribution in [2.45, 2.75) is 6.10 Å². The maximum absolute atomic E-state index is 8.60. The molecule has 1 aliphatic rings. The molecule has 0 bridgehead atoms. The molecule has 1 aliphatic heterocycles. The summed E-state index contributed by atoms with van der Waals surface area (Å²) in [6.45, 7) is 2.09. The fraction of sp³-hybridized carbons (Fsp3) is 1.00. The standard InChI is InChI=1S/C5H12N2O2/c6-7-1-2-9-5(3-7)4-8/h5,8H,1-4,6H2/t5-/m0/s1. The SMILES string of the molecule is NN1CCO[C@H](CO)C1. The molecule has 0 aromatic rings. The van der Waals surface area contributed by atoms with Crippen LogP contribution in [0.4, 0.5) is 0 Å². The van der Waals surface area contributed by atoms with E-state index in [0.29, 0.717) is 13.2 Å². The fourth-order valence-electron chi connectivity index (χ4n) is 0.853. The zero-order valence-electron chi connectivity index (χ0n) is 5.29. The zero-order valence-corrected chi connectivity index (χ0v) is 5.29. The topological polar surface area (TPSA) is 58.7 Å². The van der Waals surface area contributed by atoms with Crippen molar-refractivity contribution in [1.29, 1.82) is 0 Å². The molecule has 0 saturated carbocycles. The summed E-state index contributed by atoms with van der Waals surface area (Å²) in [5.74, 6) is 5.44. The average molecular weight is 132 g/mol. The van der Waals surface area contributed by atoms with Crippen LogP contribution in [0.25, 0.3) is 0 Å². The van der Waals surface area contributed by atoms with Gasteiger partial charge in [0.15, 0.2) is 0 Å². The first-order chi connectivity index (χ1) is 4.33. The number of hydrogen-bond acceptors (Lipinski definition) is 4. The molecule has 1 heterocycles. The van der Waals surface area contributed by atoms with E-state index in [4.69, 9.17) is 15.7 Å². The number of nitrogens with two attached hydrogens (primary N) is 1. The van der Waals surface area contributed by atoms with Gasteiger partial charge in [-0.2, -0.15) is 0 Å². The molecule has 0 aromatic heterocycles. The van der Waals surface area contributed by atoms with Crippen LogP contribution in [0.3, 0.4) is 0 Å². The van der Waals surface area contributed by atoms with Gasteiger partial charge in [0.05, 0.1) is 19.3 Å². The van der Waals surface area contributed by atoms with E-state index in [0.717, 1.165) is 6.54 Å². The molecule has 54 valence electrons. The lowest BCUT2D eigenvalue weighted by atomic mass is 10.3. The van der Waals surface area contributed by atoms with Gasteiger partial charge in [0.2, 0.25) is 0 Å². The number of hydrogen-bond donors (Lipinski definition) is 2. The second-order valence-electron chi connectivity index (χ2n) is 2.17. The molecule has 0 aromatic carbocycles. The summed E-state index contributed by atoms with van der Waals surface area (Å²) < 4.78 is 5.13. The van der Waals surface area contributed by atoms with Crippen LogP contribution in [0.1, 0.15) is 0 Å². The maximum Gasteiger partial charge on any atom is 0.0946 e. The molecular formula is C5H12N2O2. The molecule has 4 heteroatoms. The largest absolute Gasteiger partial charge is 0.394 e. The number of rotatable bonds is 1. The number of morpholine rings is 1. The van der Waals surface area contributed by atoms with Gasteiger partial charge in [0.1, 0.15) is 0 Å². The van der Waals surface area contributed by atoms with Crippen LogP contribution >= 0.6 is 0 Å². The van der Waals surface area contributed by atoms with E-state index < -0.39 is 0 Å². The molecule has 0 spiro atoms. The van der Waals surface area contributed by atoms with Gasteiger partial charge in [-0.05, 0) is 0 Å². The van der Waals surface area contributed by atoms with Crippen molar-refractivity contribution >= 4 is 0 Å². The van der Waals surface area contributed by atoms with Crippen LogP contribution < -0.4 is 5.84 Å². The van der Waals surface area contributed by atoms with E-state index >= 15 is 0 Å². The lowest BCUT2D eigenvalue weighted by molar-refractivity contribution is -0.0531. The Hall–Kier alpha value is -0.160. The predicted octanol–water partition coefficient (Wildman–Crippen LogP) is -1.45. The smallest absolute Gasteiger partial charge is 0.0946 e. The van der Waals surface area contributed by atoms with E-state index in [1.54, 1.807) is 5.01 Å². The van der Waals surface area contributed by atoms with Crippen molar-refractivity contribution in [1.82, 2.24) is 5.01 Å². The van der Waals surface area contributed by atoms with Crippen molar-refractivity contribution in [2.75, 3.05) is 26.3 Å². The van der Waals surface area contributed by atoms with Crippen LogP contribution in [-0.2, 0) is 4.74 Å². The summed E-state index contributed by atoms with van der Waals surface area (Å²) in [7, 11) is 0. The third kappa shape index (κ3) is 1.91. The van der Waals surface area contributed by atoms with Gasteiger partial charge in [-0.25, -0.2) is 5.01 Å². The summed E-state index contributed by atoms with van der Waals surface area (Å²) in [6.07, 6.45) is -0.0799. The number of hydrazine groups is 1. The van der Waals surface area contributed by atoms with Gasteiger partial charge in [0.25, 0.3) is 0 Å². The Bertz CT molecular complexity index is 89.0. The van der Waals surface area contributed by atoms with Crippen molar-refractivity contribution < 1.29 is 9.84 Å². The Morgan fingerprint density at radius 3 is 3.00 bits per heavy atom. The Labute approximate surface area is 54.2 Å².